The minimum absolute atomic E-state index is 0.0200. The van der Waals surface area contributed by atoms with Crippen molar-refractivity contribution in [2.24, 2.45) is 0 Å². The molecule has 1 aliphatic heterocycles. The van der Waals surface area contributed by atoms with E-state index in [4.69, 9.17) is 15.8 Å². The largest absolute Gasteiger partial charge is 0.377 e. The Morgan fingerprint density at radius 2 is 1.51 bits per heavy atom. The van der Waals surface area contributed by atoms with E-state index in [0.29, 0.717) is 10.6 Å². The van der Waals surface area contributed by atoms with Gasteiger partial charge in [-0.2, -0.15) is 8.42 Å². The van der Waals surface area contributed by atoms with Gasteiger partial charge < -0.3 is 4.18 Å². The Balaban J connectivity index is 1.67. The number of hydrogen-bond donors (Lipinski definition) is 1. The molecule has 0 spiro atoms. The number of amides is 4. The van der Waals surface area contributed by atoms with Gasteiger partial charge in [-0.25, -0.2) is 9.69 Å². The van der Waals surface area contributed by atoms with Crippen LogP contribution in [0.25, 0.3) is 6.08 Å². The van der Waals surface area contributed by atoms with Gasteiger partial charge in [0.1, 0.15) is 10.5 Å². The summed E-state index contributed by atoms with van der Waals surface area (Å²) in [7, 11) is -4.11. The molecule has 0 atom stereocenters. The number of nitrogens with zero attached hydrogens (tertiary/aromatic N) is 1. The summed E-state index contributed by atoms with van der Waals surface area (Å²) in [6.45, 7) is 0. The van der Waals surface area contributed by atoms with Crippen LogP contribution in [-0.4, -0.2) is 26.3 Å². The lowest BCUT2D eigenvalue weighted by molar-refractivity contribution is -0.122. The van der Waals surface area contributed by atoms with Crippen molar-refractivity contribution in [3.8, 4) is 5.75 Å². The normalized spacial score (nSPS) is 15.3. The fourth-order valence-electron chi connectivity index (χ4n) is 3.14. The van der Waals surface area contributed by atoms with Crippen molar-refractivity contribution in [1.82, 2.24) is 5.32 Å². The summed E-state index contributed by atoms with van der Waals surface area (Å²) >= 11 is 12.4. The summed E-state index contributed by atoms with van der Waals surface area (Å²) in [4.78, 5) is 38.6. The summed E-state index contributed by atoms with van der Waals surface area (Å²) in [5.41, 5.74) is 0.286. The summed E-state index contributed by atoms with van der Waals surface area (Å²) < 4.78 is 31.0. The van der Waals surface area contributed by atoms with Gasteiger partial charge >= 0.3 is 16.1 Å². The highest BCUT2D eigenvalue weighted by Gasteiger charge is 2.36. The van der Waals surface area contributed by atoms with Crippen LogP contribution >= 0.6 is 43.5 Å². The van der Waals surface area contributed by atoms with E-state index in [1.54, 1.807) is 18.2 Å². The molecule has 4 rings (SSSR count). The highest BCUT2D eigenvalue weighted by atomic mass is 79.9. The van der Waals surface area contributed by atoms with Crippen LogP contribution in [0.2, 0.25) is 5.02 Å². The van der Waals surface area contributed by atoms with E-state index in [1.807, 2.05) is 0 Å². The van der Waals surface area contributed by atoms with E-state index in [-0.39, 0.29) is 30.9 Å². The fourth-order valence-corrected chi connectivity index (χ4v) is 5.85. The highest BCUT2D eigenvalue weighted by Crippen LogP contribution is 2.37. The third-order valence-electron chi connectivity index (χ3n) is 4.74. The zero-order valence-corrected chi connectivity index (χ0v) is 22.1. The Morgan fingerprint density at radius 3 is 2.11 bits per heavy atom. The topological polar surface area (TPSA) is 110 Å². The van der Waals surface area contributed by atoms with Gasteiger partial charge in [0, 0.05) is 5.02 Å². The van der Waals surface area contributed by atoms with E-state index in [2.05, 4.69) is 37.2 Å². The molecular formula is C23H13Br2ClN2O6S. The molecule has 1 heterocycles. The molecule has 3 aromatic carbocycles. The van der Waals surface area contributed by atoms with Gasteiger partial charge in [0.2, 0.25) is 0 Å². The SMILES string of the molecule is O=C1NC(=O)N(c2ccc(Cl)cc2)C(=O)/C1=C/c1cc(Br)c(OS(=O)(=O)c2ccccc2)c(Br)c1. The molecule has 8 nitrogen and oxygen atoms in total. The molecule has 1 aliphatic rings. The number of rotatable bonds is 5. The molecule has 0 aromatic heterocycles. The van der Waals surface area contributed by atoms with E-state index < -0.39 is 28.0 Å². The van der Waals surface area contributed by atoms with Gasteiger partial charge in [-0.05, 0) is 92.0 Å². The first-order chi connectivity index (χ1) is 16.6. The van der Waals surface area contributed by atoms with Crippen LogP contribution in [-0.2, 0) is 19.7 Å². The molecule has 1 N–H and O–H groups in total. The lowest BCUT2D eigenvalue weighted by atomic mass is 10.1. The van der Waals surface area contributed by atoms with Crippen LogP contribution in [0.15, 0.2) is 86.1 Å². The fraction of sp³-hybridized carbons (Fsp3) is 0. The monoisotopic (exact) mass is 638 g/mol. The summed E-state index contributed by atoms with van der Waals surface area (Å²) in [6.07, 6.45) is 1.28. The van der Waals surface area contributed by atoms with Gasteiger partial charge in [0.15, 0.2) is 5.75 Å². The van der Waals surface area contributed by atoms with Crippen LogP contribution in [0.3, 0.4) is 0 Å². The van der Waals surface area contributed by atoms with Crippen molar-refractivity contribution in [2.75, 3.05) is 4.90 Å². The van der Waals surface area contributed by atoms with E-state index in [0.717, 1.165) is 4.90 Å². The number of imide groups is 2. The number of hydrogen-bond acceptors (Lipinski definition) is 6. The maximum Gasteiger partial charge on any atom is 0.339 e. The van der Waals surface area contributed by atoms with Gasteiger partial charge in [0.25, 0.3) is 11.8 Å². The van der Waals surface area contributed by atoms with Crippen LogP contribution in [0.1, 0.15) is 5.56 Å². The molecule has 0 aliphatic carbocycles. The number of carbonyl (C=O) groups is 3. The van der Waals surface area contributed by atoms with Crippen molar-refractivity contribution >= 4 is 83.2 Å². The average molecular weight is 641 g/mol. The van der Waals surface area contributed by atoms with Crippen LogP contribution in [0.5, 0.6) is 5.75 Å². The van der Waals surface area contributed by atoms with Crippen molar-refractivity contribution in [2.45, 2.75) is 4.90 Å². The van der Waals surface area contributed by atoms with Gasteiger partial charge in [-0.15, -0.1) is 0 Å². The van der Waals surface area contributed by atoms with Crippen LogP contribution in [0, 0.1) is 0 Å². The Kier molecular flexibility index (Phi) is 7.13. The molecule has 3 aromatic rings. The zero-order chi connectivity index (χ0) is 25.3. The van der Waals surface area contributed by atoms with Crippen LogP contribution in [0.4, 0.5) is 10.5 Å². The third-order valence-corrected chi connectivity index (χ3v) is 7.41. The standard InChI is InChI=1S/C23H13Br2ClN2O6S/c24-18-11-13(12-19(25)20(18)34-35(32,33)16-4-2-1-3-5-16)10-17-21(29)27-23(31)28(22(17)30)15-8-6-14(26)7-9-15/h1-12H,(H,27,29,31)/b17-10+. The molecule has 0 bridgehead atoms. The van der Waals surface area contributed by atoms with Crippen molar-refractivity contribution in [3.05, 3.63) is 91.8 Å². The summed E-state index contributed by atoms with van der Waals surface area (Å²) in [6, 6.07) is 15.6. The third kappa shape index (κ3) is 5.32. The molecule has 0 unspecified atom stereocenters. The number of halogens is 3. The summed E-state index contributed by atoms with van der Waals surface area (Å²) in [5.74, 6) is -1.72. The first-order valence-corrected chi connectivity index (χ1v) is 13.1. The number of benzene rings is 3. The highest BCUT2D eigenvalue weighted by molar-refractivity contribution is 9.11. The molecule has 0 saturated carbocycles. The predicted octanol–water partition coefficient (Wildman–Crippen LogP) is 5.30. The van der Waals surface area contributed by atoms with E-state index >= 15 is 0 Å². The van der Waals surface area contributed by atoms with Crippen molar-refractivity contribution < 1.29 is 27.0 Å². The van der Waals surface area contributed by atoms with E-state index in [1.165, 1.54) is 54.6 Å². The molecule has 4 amide bonds. The molecule has 12 heteroatoms. The molecule has 0 radical (unpaired) electrons. The van der Waals surface area contributed by atoms with E-state index in [9.17, 15) is 22.8 Å². The number of barbiturate groups is 1. The minimum Gasteiger partial charge on any atom is -0.377 e. The Bertz CT molecular complexity index is 1470. The Morgan fingerprint density at radius 1 is 0.914 bits per heavy atom. The molecular weight excluding hydrogens is 628 g/mol. The second-order valence-electron chi connectivity index (χ2n) is 7.10. The van der Waals surface area contributed by atoms with Crippen LogP contribution < -0.4 is 14.4 Å². The molecule has 35 heavy (non-hydrogen) atoms. The number of carbonyl (C=O) groups excluding carboxylic acids is 3. The predicted molar refractivity (Wildman–Crippen MR) is 137 cm³/mol. The van der Waals surface area contributed by atoms with Crippen molar-refractivity contribution in [1.29, 1.82) is 0 Å². The zero-order valence-electron chi connectivity index (χ0n) is 17.4. The first-order valence-electron chi connectivity index (χ1n) is 9.72. The number of urea groups is 1. The van der Waals surface area contributed by atoms with Gasteiger partial charge in [0.05, 0.1) is 14.6 Å². The molecule has 1 fully saturated rings. The maximum absolute atomic E-state index is 13.0. The second kappa shape index (κ2) is 9.94. The number of nitrogens with one attached hydrogen (secondary N) is 1. The van der Waals surface area contributed by atoms with Crippen molar-refractivity contribution in [3.63, 3.8) is 0 Å². The quantitative estimate of drug-likeness (QED) is 0.230. The molecule has 178 valence electrons. The minimum atomic E-state index is -4.11. The Labute approximate surface area is 221 Å². The maximum atomic E-state index is 13.0. The summed E-state index contributed by atoms with van der Waals surface area (Å²) in [5, 5.41) is 2.55. The lowest BCUT2D eigenvalue weighted by Crippen LogP contribution is -2.54. The van der Waals surface area contributed by atoms with Gasteiger partial charge in [-0.1, -0.05) is 29.8 Å². The van der Waals surface area contributed by atoms with Gasteiger partial charge in [-0.3, -0.25) is 14.9 Å². The smallest absolute Gasteiger partial charge is 0.339 e. The lowest BCUT2D eigenvalue weighted by Gasteiger charge is -2.26. The Hall–Kier alpha value is -2.99. The second-order valence-corrected chi connectivity index (χ2v) is 10.8. The molecule has 1 saturated heterocycles. The average Bonchev–Trinajstić information content (AvgIpc) is 2.81. The number of anilines is 1. The first kappa shape index (κ1) is 25.1.